The summed E-state index contributed by atoms with van der Waals surface area (Å²) in [6.07, 6.45) is 0. The predicted molar refractivity (Wildman–Crippen MR) is 116 cm³/mol. The maximum atomic E-state index is 12.8. The van der Waals surface area contributed by atoms with Crippen LogP contribution in [0.3, 0.4) is 0 Å². The van der Waals surface area contributed by atoms with Crippen LogP contribution >= 0.6 is 40.1 Å². The molecule has 2 rings (SSSR count). The number of hydrogen-bond acceptors (Lipinski definition) is 4. The molecule has 2 atom stereocenters. The van der Waals surface area contributed by atoms with Crippen molar-refractivity contribution in [1.82, 2.24) is 9.47 Å². The monoisotopic (exact) mass is 507 g/mol. The van der Waals surface area contributed by atoms with Crippen molar-refractivity contribution in [2.45, 2.75) is 19.5 Å². The largest absolute Gasteiger partial charge is 0.467 e. The van der Waals surface area contributed by atoms with E-state index in [1.54, 1.807) is 32.0 Å². The lowest BCUT2D eigenvalue weighted by Crippen LogP contribution is -2.38. The fraction of sp³-hybridized carbons (Fsp3) is 0.294. The molecule has 0 aliphatic rings. The molecule has 6 nitrogen and oxygen atoms in total. The van der Waals surface area contributed by atoms with Gasteiger partial charge in [-0.2, -0.15) is 0 Å². The van der Waals surface area contributed by atoms with Gasteiger partial charge in [-0.05, 0) is 72.9 Å². The van der Waals surface area contributed by atoms with Gasteiger partial charge in [0, 0.05) is 0 Å². The van der Waals surface area contributed by atoms with Crippen LogP contribution in [-0.2, 0) is 11.3 Å². The Morgan fingerprint density at radius 3 is 2.77 bits per heavy atom. The minimum atomic E-state index is -0.360. The van der Waals surface area contributed by atoms with E-state index in [4.69, 9.17) is 16.1 Å². The van der Waals surface area contributed by atoms with Gasteiger partial charge in [0.05, 0.1) is 12.6 Å². The van der Waals surface area contributed by atoms with Crippen LogP contribution in [0.2, 0.25) is 5.15 Å². The van der Waals surface area contributed by atoms with E-state index in [-0.39, 0.29) is 29.7 Å². The molecule has 1 aromatic heterocycles. The number of amides is 1. The van der Waals surface area contributed by atoms with Crippen molar-refractivity contribution < 1.29 is 9.32 Å². The molecular formula is C17H20ClIN3O3P. The molecule has 140 valence electrons. The lowest BCUT2D eigenvalue weighted by molar-refractivity contribution is -0.119. The lowest BCUT2D eigenvalue weighted by atomic mass is 10.2. The van der Waals surface area contributed by atoms with Gasteiger partial charge in [-0.3, -0.25) is 19.1 Å². The summed E-state index contributed by atoms with van der Waals surface area (Å²) in [5.74, 6) is 0.489. The molecule has 1 heterocycles. The number of anilines is 1. The molecule has 0 fully saturated rings. The summed E-state index contributed by atoms with van der Waals surface area (Å²) in [4.78, 5) is 26.7. The number of likely N-dealkylation sites (N-methyl/N-ethyl adjacent to an activating group) is 1. The number of hydrogen-bond donors (Lipinski definition) is 1. The molecule has 0 radical (unpaired) electrons. The second-order valence-corrected chi connectivity index (χ2v) is 7.98. The number of halogens is 2. The van der Waals surface area contributed by atoms with E-state index < -0.39 is 0 Å². The normalized spacial score (nSPS) is 12.5. The second-order valence-electron chi connectivity index (χ2n) is 5.92. The number of pyridine rings is 1. The van der Waals surface area contributed by atoms with Gasteiger partial charge in [-0.25, -0.2) is 0 Å². The Morgan fingerprint density at radius 1 is 1.38 bits per heavy atom. The summed E-state index contributed by atoms with van der Waals surface area (Å²) >= 11 is 8.36. The zero-order valence-electron chi connectivity index (χ0n) is 14.6. The minimum Gasteiger partial charge on any atom is -0.467 e. The van der Waals surface area contributed by atoms with Gasteiger partial charge in [0.15, 0.2) is 0 Å². The van der Waals surface area contributed by atoms with E-state index in [0.717, 1.165) is 11.3 Å². The summed E-state index contributed by atoms with van der Waals surface area (Å²) in [6, 6.07) is 10.3. The van der Waals surface area contributed by atoms with Gasteiger partial charge in [-0.1, -0.05) is 23.7 Å². The second kappa shape index (κ2) is 9.69. The Balaban J connectivity index is 2.28. The maximum absolute atomic E-state index is 12.8. The fourth-order valence-corrected chi connectivity index (χ4v) is 3.38. The first-order valence-electron chi connectivity index (χ1n) is 7.81. The molecule has 0 aliphatic heterocycles. The van der Waals surface area contributed by atoms with Crippen LogP contribution < -0.4 is 15.4 Å². The molecule has 9 heteroatoms. The predicted octanol–water partition coefficient (Wildman–Crippen LogP) is 3.76. The Kier molecular flexibility index (Phi) is 7.88. The van der Waals surface area contributed by atoms with Crippen LogP contribution in [0.5, 0.6) is 5.75 Å². The summed E-state index contributed by atoms with van der Waals surface area (Å²) in [7, 11) is 3.60. The summed E-state index contributed by atoms with van der Waals surface area (Å²) < 4.78 is 6.92. The molecule has 1 amide bonds. The van der Waals surface area contributed by atoms with Crippen molar-refractivity contribution >= 4 is 51.7 Å². The van der Waals surface area contributed by atoms with Gasteiger partial charge in [0.1, 0.15) is 23.0 Å². The molecular weight excluding hydrogens is 488 g/mol. The zero-order valence-corrected chi connectivity index (χ0v) is 18.5. The summed E-state index contributed by atoms with van der Waals surface area (Å²) in [5, 5.41) is 2.98. The third-order valence-corrected chi connectivity index (χ3v) is 5.23. The number of aromatic nitrogens is 1. The smallest absolute Gasteiger partial charge is 0.275 e. The van der Waals surface area contributed by atoms with Crippen LogP contribution in [-0.4, -0.2) is 35.5 Å². The third kappa shape index (κ3) is 5.42. The highest BCUT2D eigenvalue weighted by atomic mass is 127. The molecule has 0 spiro atoms. The maximum Gasteiger partial charge on any atom is 0.275 e. The van der Waals surface area contributed by atoms with Crippen LogP contribution in [0.25, 0.3) is 0 Å². The van der Waals surface area contributed by atoms with Crippen molar-refractivity contribution in [2.75, 3.05) is 19.4 Å². The average Bonchev–Trinajstić information content (AvgIpc) is 2.61. The Morgan fingerprint density at radius 2 is 2.12 bits per heavy atom. The van der Waals surface area contributed by atoms with E-state index in [9.17, 15) is 9.59 Å². The lowest BCUT2D eigenvalue weighted by Gasteiger charge is -2.19. The van der Waals surface area contributed by atoms with Gasteiger partial charge >= 0.3 is 0 Å². The van der Waals surface area contributed by atoms with E-state index in [1.165, 1.54) is 10.6 Å². The van der Waals surface area contributed by atoms with Crippen LogP contribution in [0.4, 0.5) is 5.69 Å². The molecule has 2 aromatic rings. The molecule has 26 heavy (non-hydrogen) atoms. The summed E-state index contributed by atoms with van der Waals surface area (Å²) in [5.41, 5.74) is 0.736. The van der Waals surface area contributed by atoms with Gasteiger partial charge in [0.2, 0.25) is 5.91 Å². The fourth-order valence-electron chi connectivity index (χ4n) is 2.20. The van der Waals surface area contributed by atoms with Crippen LogP contribution in [0.15, 0.2) is 41.2 Å². The van der Waals surface area contributed by atoms with Gasteiger partial charge < -0.3 is 9.84 Å². The van der Waals surface area contributed by atoms with Crippen molar-refractivity contribution in [1.29, 1.82) is 0 Å². The first-order chi connectivity index (χ1) is 12.3. The number of benzene rings is 1. The quantitative estimate of drug-likeness (QED) is 0.352. The first-order valence-corrected chi connectivity index (χ1v) is 12.2. The number of nitrogens with one attached hydrogen (secondary N) is 1. The SMILES string of the molecule is C[C@@H](C(=O)Nc1ccc(Cl)n(Cc2cccc(OPI)c2)c1=O)N(C)C. The van der Waals surface area contributed by atoms with E-state index in [0.29, 0.717) is 11.6 Å². The van der Waals surface area contributed by atoms with Crippen molar-refractivity contribution in [3.63, 3.8) is 0 Å². The number of nitrogens with zero attached hydrogens (tertiary/aromatic N) is 2. The van der Waals surface area contributed by atoms with E-state index in [2.05, 4.69) is 27.4 Å². The molecule has 0 saturated carbocycles. The highest BCUT2D eigenvalue weighted by Gasteiger charge is 2.17. The number of rotatable bonds is 7. The van der Waals surface area contributed by atoms with Gasteiger partial charge in [0.25, 0.3) is 5.56 Å². The average molecular weight is 508 g/mol. The highest BCUT2D eigenvalue weighted by Crippen LogP contribution is 2.27. The molecule has 1 unspecified atom stereocenters. The van der Waals surface area contributed by atoms with E-state index >= 15 is 0 Å². The van der Waals surface area contributed by atoms with Crippen LogP contribution in [0, 0.1) is 0 Å². The topological polar surface area (TPSA) is 63.6 Å². The van der Waals surface area contributed by atoms with E-state index in [1.807, 2.05) is 24.3 Å². The Hall–Kier alpha value is -1.15. The standard InChI is InChI=1S/C17H20ClIN3O3P/c1-11(21(2)3)16(23)20-14-7-8-15(18)22(17(14)24)10-12-5-4-6-13(9-12)25-26-19/h4-9,11,26H,10H2,1-3H3,(H,20,23)/t11-/m0/s1. The minimum absolute atomic E-state index is 0.203. The van der Waals surface area contributed by atoms with Gasteiger partial charge in [-0.15, -0.1) is 0 Å². The molecule has 0 bridgehead atoms. The number of carbonyl (C=O) groups excluding carboxylic acids is 1. The van der Waals surface area contributed by atoms with Crippen LogP contribution in [0.1, 0.15) is 12.5 Å². The Labute approximate surface area is 172 Å². The number of carbonyl (C=O) groups is 1. The molecule has 0 saturated heterocycles. The van der Waals surface area contributed by atoms with Crippen molar-refractivity contribution in [2.24, 2.45) is 0 Å². The molecule has 1 aromatic carbocycles. The van der Waals surface area contributed by atoms with Crippen molar-refractivity contribution in [3.05, 3.63) is 57.5 Å². The summed E-state index contributed by atoms with van der Waals surface area (Å²) in [6.45, 7) is 2.36. The zero-order chi connectivity index (χ0) is 19.3. The highest BCUT2D eigenvalue weighted by molar-refractivity contribution is 14.2. The molecule has 0 aliphatic carbocycles. The Bertz CT molecular complexity index is 844. The van der Waals surface area contributed by atoms with Crippen molar-refractivity contribution in [3.8, 4) is 5.75 Å². The third-order valence-electron chi connectivity index (χ3n) is 3.93. The molecule has 1 N–H and O–H groups in total. The first kappa shape index (κ1) is 21.2.